The molecule has 0 unspecified atom stereocenters. The maximum atomic E-state index is 13.5. The first-order chi connectivity index (χ1) is 14.7. The highest BCUT2D eigenvalue weighted by Crippen LogP contribution is 2.28. The lowest BCUT2D eigenvalue weighted by molar-refractivity contribution is 0.0960. The van der Waals surface area contributed by atoms with Gasteiger partial charge in [-0.2, -0.15) is 0 Å². The van der Waals surface area contributed by atoms with Crippen molar-refractivity contribution in [2.24, 2.45) is 0 Å². The average Bonchev–Trinajstić information content (AvgIpc) is 2.81. The fraction of sp³-hybridized carbons (Fsp3) is 0.296. The van der Waals surface area contributed by atoms with Crippen molar-refractivity contribution < 1.29 is 4.79 Å². The summed E-state index contributed by atoms with van der Waals surface area (Å²) in [5.74, 6) is 0.104. The Labute approximate surface area is 180 Å². The van der Waals surface area contributed by atoms with E-state index in [0.717, 1.165) is 55.7 Å². The number of carbonyl (C=O) groups is 1. The van der Waals surface area contributed by atoms with Crippen LogP contribution in [0.1, 0.15) is 34.3 Å². The lowest BCUT2D eigenvalue weighted by atomic mass is 9.99. The van der Waals surface area contributed by atoms with Crippen LogP contribution < -0.4 is 4.90 Å². The third-order valence-electron chi connectivity index (χ3n) is 6.10. The van der Waals surface area contributed by atoms with Crippen LogP contribution in [0.3, 0.4) is 0 Å². The zero-order valence-corrected chi connectivity index (χ0v) is 17.7. The largest absolute Gasteiger partial charge is 0.305 e. The van der Waals surface area contributed by atoms with Crippen LogP contribution in [0, 0.1) is 6.92 Å². The Morgan fingerprint density at radius 1 is 0.867 bits per heavy atom. The summed E-state index contributed by atoms with van der Waals surface area (Å²) in [5.41, 5.74) is 4.33. The van der Waals surface area contributed by atoms with Gasteiger partial charge in [0.25, 0.3) is 5.91 Å². The van der Waals surface area contributed by atoms with Gasteiger partial charge in [0.15, 0.2) is 0 Å². The zero-order valence-electron chi connectivity index (χ0n) is 17.7. The average molecular weight is 399 g/mol. The van der Waals surface area contributed by atoms with Crippen LogP contribution in [0.15, 0.2) is 84.9 Å². The van der Waals surface area contributed by atoms with E-state index in [0.29, 0.717) is 0 Å². The monoisotopic (exact) mass is 398 g/mol. The van der Waals surface area contributed by atoms with Gasteiger partial charge in [0.1, 0.15) is 0 Å². The summed E-state index contributed by atoms with van der Waals surface area (Å²) >= 11 is 0. The Balaban J connectivity index is 1.47. The summed E-state index contributed by atoms with van der Waals surface area (Å²) in [5, 5.41) is 0. The fourth-order valence-corrected chi connectivity index (χ4v) is 4.36. The maximum absolute atomic E-state index is 13.5. The van der Waals surface area contributed by atoms with Crippen molar-refractivity contribution in [3.05, 3.63) is 102 Å². The molecule has 30 heavy (non-hydrogen) atoms. The quantitative estimate of drug-likeness (QED) is 0.559. The smallest absolute Gasteiger partial charge is 0.258 e. The summed E-state index contributed by atoms with van der Waals surface area (Å²) in [7, 11) is 0. The lowest BCUT2D eigenvalue weighted by Gasteiger charge is -2.39. The number of anilines is 1. The molecule has 1 heterocycles. The molecule has 0 atom stereocenters. The molecule has 154 valence electrons. The van der Waals surface area contributed by atoms with Crippen molar-refractivity contribution in [1.82, 2.24) is 4.90 Å². The van der Waals surface area contributed by atoms with Gasteiger partial charge in [-0.15, -0.1) is 0 Å². The van der Waals surface area contributed by atoms with E-state index >= 15 is 0 Å². The first kappa shape index (κ1) is 20.4. The predicted octanol–water partition coefficient (Wildman–Crippen LogP) is 5.35. The summed E-state index contributed by atoms with van der Waals surface area (Å²) in [6.45, 7) is 5.23. The lowest BCUT2D eigenvalue weighted by Crippen LogP contribution is -2.48. The van der Waals surface area contributed by atoms with Crippen LogP contribution >= 0.6 is 0 Å². The molecule has 0 spiro atoms. The first-order valence-corrected chi connectivity index (χ1v) is 10.9. The van der Waals surface area contributed by atoms with E-state index in [4.69, 9.17) is 0 Å². The molecule has 1 aliphatic rings. The Morgan fingerprint density at radius 3 is 2.13 bits per heavy atom. The molecule has 0 aromatic heterocycles. The van der Waals surface area contributed by atoms with Gasteiger partial charge in [0.05, 0.1) is 0 Å². The molecule has 3 aromatic rings. The Kier molecular flexibility index (Phi) is 6.60. The van der Waals surface area contributed by atoms with Crippen LogP contribution in [0.4, 0.5) is 5.69 Å². The third-order valence-corrected chi connectivity index (χ3v) is 6.10. The molecule has 0 radical (unpaired) electrons. The number of rotatable bonds is 6. The molecule has 3 nitrogen and oxygen atoms in total. The summed E-state index contributed by atoms with van der Waals surface area (Å²) < 4.78 is 0. The standard InChI is InChI=1S/C27H30N2O/c1-22-10-8-9-15-26(22)29(27(30)24-13-6-3-7-14-24)25-17-20-28(21-18-25)19-16-23-11-4-2-5-12-23/h2-15,25H,16-21H2,1H3. The number of carbonyl (C=O) groups excluding carboxylic acids is 1. The van der Waals surface area contributed by atoms with Gasteiger partial charge in [0.2, 0.25) is 0 Å². The molecule has 0 N–H and O–H groups in total. The minimum Gasteiger partial charge on any atom is -0.305 e. The number of nitrogens with zero attached hydrogens (tertiary/aromatic N) is 2. The fourth-order valence-electron chi connectivity index (χ4n) is 4.36. The topological polar surface area (TPSA) is 23.6 Å². The minimum absolute atomic E-state index is 0.104. The van der Waals surface area contributed by atoms with Crippen molar-refractivity contribution in [3.63, 3.8) is 0 Å². The molecule has 0 bridgehead atoms. The number of hydrogen-bond donors (Lipinski definition) is 0. The number of aryl methyl sites for hydroxylation is 1. The molecule has 0 aliphatic carbocycles. The van der Waals surface area contributed by atoms with Crippen LogP contribution in [0.5, 0.6) is 0 Å². The van der Waals surface area contributed by atoms with E-state index in [1.54, 1.807) is 0 Å². The number of amides is 1. The Morgan fingerprint density at radius 2 is 1.47 bits per heavy atom. The van der Waals surface area contributed by atoms with E-state index in [2.05, 4.69) is 59.2 Å². The van der Waals surface area contributed by atoms with Crippen molar-refractivity contribution in [2.75, 3.05) is 24.5 Å². The molecule has 0 saturated carbocycles. The number of benzene rings is 3. The second kappa shape index (κ2) is 9.73. The summed E-state index contributed by atoms with van der Waals surface area (Å²) in [4.78, 5) is 18.1. The normalized spacial score (nSPS) is 15.1. The number of hydrogen-bond acceptors (Lipinski definition) is 2. The SMILES string of the molecule is Cc1ccccc1N(C(=O)c1ccccc1)C1CCN(CCc2ccccc2)CC1. The molecular formula is C27H30N2O. The van der Waals surface area contributed by atoms with Gasteiger partial charge >= 0.3 is 0 Å². The van der Waals surface area contributed by atoms with E-state index in [1.165, 1.54) is 5.56 Å². The minimum atomic E-state index is 0.104. The Bertz CT molecular complexity index is 947. The second-order valence-corrected chi connectivity index (χ2v) is 8.14. The maximum Gasteiger partial charge on any atom is 0.258 e. The first-order valence-electron chi connectivity index (χ1n) is 10.9. The molecule has 3 aromatic carbocycles. The molecule has 1 aliphatic heterocycles. The van der Waals surface area contributed by atoms with Crippen LogP contribution in [-0.4, -0.2) is 36.5 Å². The van der Waals surface area contributed by atoms with Gasteiger partial charge < -0.3 is 9.80 Å². The van der Waals surface area contributed by atoms with Gasteiger partial charge in [-0.25, -0.2) is 0 Å². The number of para-hydroxylation sites is 1. The molecule has 1 fully saturated rings. The number of likely N-dealkylation sites (tertiary alicyclic amines) is 1. The van der Waals surface area contributed by atoms with E-state index in [9.17, 15) is 4.79 Å². The molecule has 1 saturated heterocycles. The van der Waals surface area contributed by atoms with Crippen LogP contribution in [0.2, 0.25) is 0 Å². The number of piperidine rings is 1. The van der Waals surface area contributed by atoms with Gasteiger partial charge in [-0.1, -0.05) is 66.7 Å². The highest BCUT2D eigenvalue weighted by molar-refractivity contribution is 6.06. The van der Waals surface area contributed by atoms with Gasteiger partial charge in [-0.05, 0) is 55.5 Å². The van der Waals surface area contributed by atoms with Crippen molar-refractivity contribution in [1.29, 1.82) is 0 Å². The van der Waals surface area contributed by atoms with Crippen molar-refractivity contribution in [2.45, 2.75) is 32.2 Å². The van der Waals surface area contributed by atoms with Crippen molar-refractivity contribution in [3.8, 4) is 0 Å². The second-order valence-electron chi connectivity index (χ2n) is 8.14. The predicted molar refractivity (Wildman–Crippen MR) is 124 cm³/mol. The summed E-state index contributed by atoms with van der Waals surface area (Å²) in [6, 6.07) is 28.8. The molecule has 1 amide bonds. The highest BCUT2D eigenvalue weighted by Gasteiger charge is 2.30. The molecule has 3 heteroatoms. The van der Waals surface area contributed by atoms with E-state index < -0.39 is 0 Å². The molecular weight excluding hydrogens is 368 g/mol. The Hall–Kier alpha value is -2.91. The highest BCUT2D eigenvalue weighted by atomic mass is 16.2. The van der Waals surface area contributed by atoms with E-state index in [1.807, 2.05) is 42.5 Å². The van der Waals surface area contributed by atoms with Gasteiger partial charge in [-0.3, -0.25) is 4.79 Å². The van der Waals surface area contributed by atoms with E-state index in [-0.39, 0.29) is 11.9 Å². The van der Waals surface area contributed by atoms with Crippen molar-refractivity contribution >= 4 is 11.6 Å². The summed E-state index contributed by atoms with van der Waals surface area (Å²) in [6.07, 6.45) is 3.08. The zero-order chi connectivity index (χ0) is 20.8. The van der Waals surface area contributed by atoms with Crippen LogP contribution in [-0.2, 0) is 6.42 Å². The van der Waals surface area contributed by atoms with Crippen LogP contribution in [0.25, 0.3) is 0 Å². The third kappa shape index (κ3) is 4.80. The van der Waals surface area contributed by atoms with Gasteiger partial charge in [0, 0.05) is 36.9 Å². The molecule has 4 rings (SSSR count).